The maximum absolute atomic E-state index is 12.2. The summed E-state index contributed by atoms with van der Waals surface area (Å²) in [4.78, 5) is 12.2. The van der Waals surface area contributed by atoms with Crippen molar-refractivity contribution in [2.45, 2.75) is 11.8 Å². The average Bonchev–Trinajstić information content (AvgIpc) is 2.90. The molecule has 1 fully saturated rings. The summed E-state index contributed by atoms with van der Waals surface area (Å²) < 4.78 is 5.40. The molecule has 2 unspecified atom stereocenters. The van der Waals surface area contributed by atoms with Crippen LogP contribution in [0.2, 0.25) is 0 Å². The maximum Gasteiger partial charge on any atom is 0.310 e. The molecular weight excluding hydrogens is 248 g/mol. The standard InChI is InChI=1S/C18H14O2/c19-18-17-14(9-20-18)15-10-5-1-3-7-12(10)16(17)13-8-4-2-6-11(13)15/h1-8,14-17H,9H2. The highest BCUT2D eigenvalue weighted by molar-refractivity contribution is 5.80. The Labute approximate surface area is 117 Å². The lowest BCUT2D eigenvalue weighted by atomic mass is 9.55. The molecule has 0 amide bonds. The van der Waals surface area contributed by atoms with Gasteiger partial charge in [-0.3, -0.25) is 4.79 Å². The minimum Gasteiger partial charge on any atom is -0.465 e. The van der Waals surface area contributed by atoms with Crippen LogP contribution in [0.1, 0.15) is 34.1 Å². The molecule has 1 saturated heterocycles. The van der Waals surface area contributed by atoms with Crippen molar-refractivity contribution in [1.82, 2.24) is 0 Å². The second-order valence-electron chi connectivity index (χ2n) is 6.03. The lowest BCUT2D eigenvalue weighted by molar-refractivity contribution is -0.141. The van der Waals surface area contributed by atoms with Crippen LogP contribution in [0.3, 0.4) is 0 Å². The van der Waals surface area contributed by atoms with Crippen molar-refractivity contribution in [1.29, 1.82) is 0 Å². The fourth-order valence-corrected chi connectivity index (χ4v) is 4.58. The first-order valence-corrected chi connectivity index (χ1v) is 7.20. The first-order valence-electron chi connectivity index (χ1n) is 7.20. The number of esters is 1. The molecule has 2 atom stereocenters. The van der Waals surface area contributed by atoms with Crippen LogP contribution in [0.5, 0.6) is 0 Å². The van der Waals surface area contributed by atoms with E-state index in [1.807, 2.05) is 0 Å². The number of cyclic esters (lactones) is 1. The van der Waals surface area contributed by atoms with E-state index in [-0.39, 0.29) is 17.8 Å². The van der Waals surface area contributed by atoms with E-state index in [0.717, 1.165) is 0 Å². The van der Waals surface area contributed by atoms with E-state index in [2.05, 4.69) is 48.5 Å². The predicted octanol–water partition coefficient (Wildman–Crippen LogP) is 3.07. The highest BCUT2D eigenvalue weighted by atomic mass is 16.5. The Balaban J connectivity index is 1.86. The molecule has 3 aliphatic carbocycles. The Morgan fingerprint density at radius 3 is 1.85 bits per heavy atom. The van der Waals surface area contributed by atoms with Crippen molar-refractivity contribution >= 4 is 5.97 Å². The van der Waals surface area contributed by atoms with Crippen molar-refractivity contribution in [2.75, 3.05) is 6.61 Å². The Morgan fingerprint density at radius 2 is 1.30 bits per heavy atom. The molecule has 2 bridgehead atoms. The van der Waals surface area contributed by atoms with Crippen LogP contribution in [0, 0.1) is 11.8 Å². The van der Waals surface area contributed by atoms with E-state index in [1.165, 1.54) is 22.3 Å². The van der Waals surface area contributed by atoms with E-state index >= 15 is 0 Å². The highest BCUT2D eigenvalue weighted by Crippen LogP contribution is 2.60. The first-order chi connectivity index (χ1) is 9.86. The number of carbonyl (C=O) groups is 1. The Morgan fingerprint density at radius 1 is 0.800 bits per heavy atom. The van der Waals surface area contributed by atoms with Gasteiger partial charge in [-0.2, -0.15) is 0 Å². The Hall–Kier alpha value is -2.09. The van der Waals surface area contributed by atoms with Crippen LogP contribution >= 0.6 is 0 Å². The van der Waals surface area contributed by atoms with Crippen LogP contribution in [0.25, 0.3) is 0 Å². The van der Waals surface area contributed by atoms with E-state index in [4.69, 9.17) is 4.74 Å². The van der Waals surface area contributed by atoms with Crippen molar-refractivity contribution < 1.29 is 9.53 Å². The van der Waals surface area contributed by atoms with Gasteiger partial charge >= 0.3 is 5.97 Å². The number of ether oxygens (including phenoxy) is 1. The van der Waals surface area contributed by atoms with Gasteiger partial charge in [0, 0.05) is 17.8 Å². The second kappa shape index (κ2) is 3.51. The fraction of sp³-hybridized carbons (Fsp3) is 0.278. The van der Waals surface area contributed by atoms with Crippen LogP contribution in [-0.2, 0) is 9.53 Å². The lowest BCUT2D eigenvalue weighted by Gasteiger charge is -2.46. The molecule has 1 aliphatic heterocycles. The number of benzene rings is 2. The van der Waals surface area contributed by atoms with Gasteiger partial charge in [0.05, 0.1) is 12.5 Å². The van der Waals surface area contributed by atoms with Crippen LogP contribution < -0.4 is 0 Å². The molecule has 98 valence electrons. The minimum atomic E-state index is -0.00555. The summed E-state index contributed by atoms with van der Waals surface area (Å²) in [7, 11) is 0. The Bertz CT molecular complexity index is 686. The predicted molar refractivity (Wildman–Crippen MR) is 74.5 cm³/mol. The summed E-state index contributed by atoms with van der Waals surface area (Å²) in [6.45, 7) is 0.577. The van der Waals surface area contributed by atoms with E-state index in [1.54, 1.807) is 0 Å². The van der Waals surface area contributed by atoms with Crippen LogP contribution in [0.4, 0.5) is 0 Å². The van der Waals surface area contributed by atoms with Gasteiger partial charge in [-0.05, 0) is 22.3 Å². The molecule has 0 radical (unpaired) electrons. The van der Waals surface area contributed by atoms with Crippen LogP contribution in [0.15, 0.2) is 48.5 Å². The average molecular weight is 262 g/mol. The summed E-state index contributed by atoms with van der Waals surface area (Å²) >= 11 is 0. The van der Waals surface area contributed by atoms with Gasteiger partial charge in [-0.25, -0.2) is 0 Å². The topological polar surface area (TPSA) is 26.3 Å². The summed E-state index contributed by atoms with van der Waals surface area (Å²) in [5.74, 6) is 0.840. The van der Waals surface area contributed by atoms with Gasteiger partial charge in [0.15, 0.2) is 0 Å². The number of hydrogen-bond donors (Lipinski definition) is 0. The molecule has 2 heteroatoms. The van der Waals surface area contributed by atoms with Gasteiger partial charge in [-0.15, -0.1) is 0 Å². The molecule has 2 aromatic carbocycles. The monoisotopic (exact) mass is 262 g/mol. The molecule has 0 N–H and O–H groups in total. The quantitative estimate of drug-likeness (QED) is 0.682. The summed E-state index contributed by atoms with van der Waals surface area (Å²) in [6.07, 6.45) is 0. The third-order valence-corrected chi connectivity index (χ3v) is 5.27. The number of carbonyl (C=O) groups excluding carboxylic acids is 1. The Kier molecular flexibility index (Phi) is 1.87. The van der Waals surface area contributed by atoms with Crippen molar-refractivity contribution in [3.05, 3.63) is 70.8 Å². The zero-order chi connectivity index (χ0) is 13.3. The molecule has 0 aromatic heterocycles. The van der Waals surface area contributed by atoms with Gasteiger partial charge in [0.1, 0.15) is 0 Å². The molecule has 2 aromatic rings. The van der Waals surface area contributed by atoms with Gasteiger partial charge < -0.3 is 4.74 Å². The van der Waals surface area contributed by atoms with Crippen molar-refractivity contribution in [3.8, 4) is 0 Å². The summed E-state index contributed by atoms with van der Waals surface area (Å²) in [5, 5.41) is 0. The third kappa shape index (κ3) is 1.09. The smallest absolute Gasteiger partial charge is 0.310 e. The first kappa shape index (κ1) is 10.7. The van der Waals surface area contributed by atoms with Crippen molar-refractivity contribution in [2.24, 2.45) is 11.8 Å². The van der Waals surface area contributed by atoms with Crippen molar-refractivity contribution in [3.63, 3.8) is 0 Å². The third-order valence-electron chi connectivity index (χ3n) is 5.27. The molecule has 4 aliphatic rings. The SMILES string of the molecule is O=C1OCC2C3c4ccccc4C(c4ccccc43)C12. The van der Waals surface area contributed by atoms with Gasteiger partial charge in [0.25, 0.3) is 0 Å². The summed E-state index contributed by atoms with van der Waals surface area (Å²) in [6, 6.07) is 17.2. The molecular formula is C18H14O2. The maximum atomic E-state index is 12.2. The molecule has 1 heterocycles. The fourth-order valence-electron chi connectivity index (χ4n) is 4.58. The largest absolute Gasteiger partial charge is 0.465 e. The lowest BCUT2D eigenvalue weighted by Crippen LogP contribution is -2.40. The molecule has 0 saturated carbocycles. The van der Waals surface area contributed by atoms with E-state index < -0.39 is 0 Å². The molecule has 20 heavy (non-hydrogen) atoms. The van der Waals surface area contributed by atoms with Gasteiger partial charge in [-0.1, -0.05) is 48.5 Å². The minimum absolute atomic E-state index is 0.00555. The number of rotatable bonds is 0. The second-order valence-corrected chi connectivity index (χ2v) is 6.03. The van der Waals surface area contributed by atoms with Gasteiger partial charge in [0.2, 0.25) is 0 Å². The molecule has 0 spiro atoms. The molecule has 2 nitrogen and oxygen atoms in total. The van der Waals surface area contributed by atoms with E-state index in [9.17, 15) is 4.79 Å². The number of hydrogen-bond acceptors (Lipinski definition) is 2. The van der Waals surface area contributed by atoms with E-state index in [0.29, 0.717) is 18.4 Å². The highest BCUT2D eigenvalue weighted by Gasteiger charge is 2.56. The zero-order valence-electron chi connectivity index (χ0n) is 11.0. The zero-order valence-corrected chi connectivity index (χ0v) is 11.0. The normalized spacial score (nSPS) is 32.3. The molecule has 6 rings (SSSR count). The summed E-state index contributed by atoms with van der Waals surface area (Å²) in [5.41, 5.74) is 5.46. The van der Waals surface area contributed by atoms with Crippen LogP contribution in [-0.4, -0.2) is 12.6 Å².